The second kappa shape index (κ2) is 8.50. The van der Waals surface area contributed by atoms with Gasteiger partial charge in [-0.1, -0.05) is 18.2 Å². The molecule has 1 aromatic rings. The van der Waals surface area contributed by atoms with E-state index in [2.05, 4.69) is 10.6 Å². The summed E-state index contributed by atoms with van der Waals surface area (Å²) in [5.74, 6) is 0.634. The molecule has 1 rings (SSSR count). The molecule has 0 unspecified atom stereocenters. The molecule has 5 heteroatoms. The van der Waals surface area contributed by atoms with Crippen molar-refractivity contribution in [3.63, 3.8) is 0 Å². The van der Waals surface area contributed by atoms with E-state index in [1.165, 1.54) is 0 Å². The second-order valence-electron chi connectivity index (χ2n) is 4.22. The Morgan fingerprint density at radius 1 is 1.37 bits per heavy atom. The zero-order valence-corrected chi connectivity index (χ0v) is 11.8. The maximum Gasteiger partial charge on any atom is 0.258 e. The molecule has 2 N–H and O–H groups in total. The predicted octanol–water partition coefficient (Wildman–Crippen LogP) is 0.856. The van der Waals surface area contributed by atoms with Gasteiger partial charge in [0.25, 0.3) is 5.91 Å². The predicted molar refractivity (Wildman–Crippen MR) is 74.3 cm³/mol. The Kier molecular flexibility index (Phi) is 6.92. The third kappa shape index (κ3) is 5.28. The molecule has 1 aromatic carbocycles. The minimum Gasteiger partial charge on any atom is -0.483 e. The SMILES string of the molecule is CNCc1cccc(C)c1OCC(=O)NCCOC. The van der Waals surface area contributed by atoms with Gasteiger partial charge in [-0.2, -0.15) is 0 Å². The van der Waals surface area contributed by atoms with Gasteiger partial charge in [-0.05, 0) is 19.5 Å². The first kappa shape index (κ1) is 15.5. The lowest BCUT2D eigenvalue weighted by Crippen LogP contribution is -2.31. The number of aryl methyl sites for hydroxylation is 1. The van der Waals surface area contributed by atoms with Crippen molar-refractivity contribution in [2.75, 3.05) is 33.9 Å². The van der Waals surface area contributed by atoms with Gasteiger partial charge in [-0.3, -0.25) is 4.79 Å². The third-order valence-corrected chi connectivity index (χ3v) is 2.64. The summed E-state index contributed by atoms with van der Waals surface area (Å²) in [6, 6.07) is 5.94. The fourth-order valence-electron chi connectivity index (χ4n) is 1.73. The van der Waals surface area contributed by atoms with Crippen LogP contribution >= 0.6 is 0 Å². The molecule has 0 aliphatic rings. The molecule has 0 fully saturated rings. The molecule has 1 amide bonds. The third-order valence-electron chi connectivity index (χ3n) is 2.64. The van der Waals surface area contributed by atoms with Crippen molar-refractivity contribution in [1.82, 2.24) is 10.6 Å². The molecule has 0 aliphatic carbocycles. The summed E-state index contributed by atoms with van der Waals surface area (Å²) >= 11 is 0. The lowest BCUT2D eigenvalue weighted by atomic mass is 10.1. The van der Waals surface area contributed by atoms with E-state index < -0.39 is 0 Å². The molecule has 19 heavy (non-hydrogen) atoms. The lowest BCUT2D eigenvalue weighted by Gasteiger charge is -2.13. The summed E-state index contributed by atoms with van der Waals surface area (Å²) in [4.78, 5) is 11.6. The Bertz CT molecular complexity index is 408. The molecular formula is C14H22N2O3. The molecule has 5 nitrogen and oxygen atoms in total. The van der Waals surface area contributed by atoms with Crippen LogP contribution in [0.2, 0.25) is 0 Å². The van der Waals surface area contributed by atoms with E-state index in [0.29, 0.717) is 19.7 Å². The van der Waals surface area contributed by atoms with Gasteiger partial charge in [0.05, 0.1) is 6.61 Å². The van der Waals surface area contributed by atoms with E-state index in [1.54, 1.807) is 7.11 Å². The fourth-order valence-corrected chi connectivity index (χ4v) is 1.73. The largest absolute Gasteiger partial charge is 0.483 e. The van der Waals surface area contributed by atoms with Crippen LogP contribution in [0.1, 0.15) is 11.1 Å². The van der Waals surface area contributed by atoms with E-state index >= 15 is 0 Å². The molecule has 0 bridgehead atoms. The fraction of sp³-hybridized carbons (Fsp3) is 0.500. The van der Waals surface area contributed by atoms with Crippen molar-refractivity contribution in [2.45, 2.75) is 13.5 Å². The smallest absolute Gasteiger partial charge is 0.258 e. The van der Waals surface area contributed by atoms with Gasteiger partial charge >= 0.3 is 0 Å². The molecular weight excluding hydrogens is 244 g/mol. The zero-order chi connectivity index (χ0) is 14.1. The number of para-hydroxylation sites is 1. The number of benzene rings is 1. The number of hydrogen-bond donors (Lipinski definition) is 2. The molecule has 0 saturated heterocycles. The lowest BCUT2D eigenvalue weighted by molar-refractivity contribution is -0.123. The Morgan fingerprint density at radius 2 is 2.16 bits per heavy atom. The van der Waals surface area contributed by atoms with Crippen molar-refractivity contribution < 1.29 is 14.3 Å². The average molecular weight is 266 g/mol. The number of carbonyl (C=O) groups is 1. The Morgan fingerprint density at radius 3 is 2.84 bits per heavy atom. The topological polar surface area (TPSA) is 59.6 Å². The average Bonchev–Trinajstić information content (AvgIpc) is 2.39. The van der Waals surface area contributed by atoms with Crippen LogP contribution < -0.4 is 15.4 Å². The summed E-state index contributed by atoms with van der Waals surface area (Å²) in [6.07, 6.45) is 0. The van der Waals surface area contributed by atoms with Crippen LogP contribution in [0.5, 0.6) is 5.75 Å². The molecule has 106 valence electrons. The van der Waals surface area contributed by atoms with Gasteiger partial charge in [0.2, 0.25) is 0 Å². The first-order valence-corrected chi connectivity index (χ1v) is 6.30. The van der Waals surface area contributed by atoms with Gasteiger partial charge in [0, 0.05) is 25.8 Å². The quantitative estimate of drug-likeness (QED) is 0.685. The van der Waals surface area contributed by atoms with E-state index in [4.69, 9.17) is 9.47 Å². The van der Waals surface area contributed by atoms with E-state index in [9.17, 15) is 4.79 Å². The number of nitrogens with one attached hydrogen (secondary N) is 2. The van der Waals surface area contributed by atoms with Crippen LogP contribution in [-0.4, -0.2) is 39.8 Å². The first-order chi connectivity index (χ1) is 9.19. The summed E-state index contributed by atoms with van der Waals surface area (Å²) in [5.41, 5.74) is 2.07. The van der Waals surface area contributed by atoms with Crippen molar-refractivity contribution in [1.29, 1.82) is 0 Å². The van der Waals surface area contributed by atoms with E-state index in [1.807, 2.05) is 32.2 Å². The number of hydrogen-bond acceptors (Lipinski definition) is 4. The standard InChI is InChI=1S/C14H22N2O3/c1-11-5-4-6-12(9-15-2)14(11)19-10-13(17)16-7-8-18-3/h4-6,15H,7-10H2,1-3H3,(H,16,17). The second-order valence-corrected chi connectivity index (χ2v) is 4.22. The first-order valence-electron chi connectivity index (χ1n) is 6.30. The van der Waals surface area contributed by atoms with Crippen LogP contribution in [-0.2, 0) is 16.1 Å². The highest BCUT2D eigenvalue weighted by molar-refractivity contribution is 5.77. The maximum atomic E-state index is 11.6. The van der Waals surface area contributed by atoms with Crippen LogP contribution in [0.25, 0.3) is 0 Å². The molecule has 0 heterocycles. The summed E-state index contributed by atoms with van der Waals surface area (Å²) < 4.78 is 10.5. The Labute approximate surface area is 114 Å². The van der Waals surface area contributed by atoms with E-state index in [-0.39, 0.29) is 12.5 Å². The number of rotatable bonds is 8. The number of methoxy groups -OCH3 is 1. The van der Waals surface area contributed by atoms with Gasteiger partial charge in [0.1, 0.15) is 5.75 Å². The Hall–Kier alpha value is -1.59. The van der Waals surface area contributed by atoms with Crippen LogP contribution in [0, 0.1) is 6.92 Å². The number of carbonyl (C=O) groups excluding carboxylic acids is 1. The minimum atomic E-state index is -0.143. The van der Waals surface area contributed by atoms with Crippen molar-refractivity contribution >= 4 is 5.91 Å². The van der Waals surface area contributed by atoms with Crippen LogP contribution in [0.15, 0.2) is 18.2 Å². The highest BCUT2D eigenvalue weighted by atomic mass is 16.5. The zero-order valence-electron chi connectivity index (χ0n) is 11.8. The van der Waals surface area contributed by atoms with Gasteiger partial charge in [-0.15, -0.1) is 0 Å². The van der Waals surface area contributed by atoms with Crippen LogP contribution in [0.4, 0.5) is 0 Å². The molecule has 0 saturated carbocycles. The van der Waals surface area contributed by atoms with Crippen molar-refractivity contribution in [3.05, 3.63) is 29.3 Å². The number of ether oxygens (including phenoxy) is 2. The van der Waals surface area contributed by atoms with Gasteiger partial charge in [-0.25, -0.2) is 0 Å². The van der Waals surface area contributed by atoms with Crippen LogP contribution in [0.3, 0.4) is 0 Å². The Balaban J connectivity index is 2.54. The molecule has 0 atom stereocenters. The highest BCUT2D eigenvalue weighted by Gasteiger charge is 2.08. The summed E-state index contributed by atoms with van der Waals surface area (Å²) in [5, 5.41) is 5.80. The van der Waals surface area contributed by atoms with Crippen molar-refractivity contribution in [2.24, 2.45) is 0 Å². The highest BCUT2D eigenvalue weighted by Crippen LogP contribution is 2.23. The summed E-state index contributed by atoms with van der Waals surface area (Å²) in [7, 11) is 3.48. The normalized spacial score (nSPS) is 10.3. The monoisotopic (exact) mass is 266 g/mol. The molecule has 0 aromatic heterocycles. The number of amides is 1. The molecule has 0 aliphatic heterocycles. The van der Waals surface area contributed by atoms with Gasteiger partial charge < -0.3 is 20.1 Å². The van der Waals surface area contributed by atoms with Crippen molar-refractivity contribution in [3.8, 4) is 5.75 Å². The molecule has 0 spiro atoms. The molecule has 0 radical (unpaired) electrons. The minimum absolute atomic E-state index is 0.0191. The van der Waals surface area contributed by atoms with E-state index in [0.717, 1.165) is 16.9 Å². The maximum absolute atomic E-state index is 11.6. The van der Waals surface area contributed by atoms with Gasteiger partial charge in [0.15, 0.2) is 6.61 Å². The summed E-state index contributed by atoms with van der Waals surface area (Å²) in [6.45, 7) is 3.70.